The first-order valence-electron chi connectivity index (χ1n) is 9.57. The lowest BCUT2D eigenvalue weighted by atomic mass is 9.87. The predicted molar refractivity (Wildman–Crippen MR) is 105 cm³/mol. The van der Waals surface area contributed by atoms with Gasteiger partial charge in [-0.1, -0.05) is 67.8 Å². The zero-order chi connectivity index (χ0) is 18.9. The van der Waals surface area contributed by atoms with Gasteiger partial charge in [0.1, 0.15) is 5.75 Å². The molecule has 0 radical (unpaired) electrons. The van der Waals surface area contributed by atoms with Crippen molar-refractivity contribution in [1.82, 2.24) is 10.9 Å². The first-order valence-corrected chi connectivity index (χ1v) is 9.57. The number of amides is 2. The van der Waals surface area contributed by atoms with Crippen LogP contribution in [-0.4, -0.2) is 18.4 Å². The SMILES string of the molecule is O=C(COc1ccccc1-c1ccccc1)NNC(=O)CC1CCCCC1. The van der Waals surface area contributed by atoms with Crippen molar-refractivity contribution in [1.29, 1.82) is 0 Å². The lowest BCUT2D eigenvalue weighted by Crippen LogP contribution is -2.44. The number of hydrogen-bond acceptors (Lipinski definition) is 3. The number of hydrogen-bond donors (Lipinski definition) is 2. The zero-order valence-corrected chi connectivity index (χ0v) is 15.4. The summed E-state index contributed by atoms with van der Waals surface area (Å²) in [6, 6.07) is 17.4. The Morgan fingerprint density at radius 1 is 0.852 bits per heavy atom. The van der Waals surface area contributed by atoms with E-state index in [0.29, 0.717) is 18.1 Å². The Hall–Kier alpha value is -2.82. The summed E-state index contributed by atoms with van der Waals surface area (Å²) in [5, 5.41) is 0. The van der Waals surface area contributed by atoms with E-state index in [2.05, 4.69) is 10.9 Å². The summed E-state index contributed by atoms with van der Waals surface area (Å²) in [4.78, 5) is 24.0. The van der Waals surface area contributed by atoms with Gasteiger partial charge in [-0.25, -0.2) is 0 Å². The normalized spacial score (nSPS) is 14.4. The zero-order valence-electron chi connectivity index (χ0n) is 15.4. The summed E-state index contributed by atoms with van der Waals surface area (Å²) in [6.45, 7) is -0.159. The molecule has 27 heavy (non-hydrogen) atoms. The number of nitrogens with one attached hydrogen (secondary N) is 2. The highest BCUT2D eigenvalue weighted by Crippen LogP contribution is 2.29. The summed E-state index contributed by atoms with van der Waals surface area (Å²) in [5.41, 5.74) is 6.88. The molecule has 1 aliphatic rings. The molecule has 1 aliphatic carbocycles. The lowest BCUT2D eigenvalue weighted by molar-refractivity contribution is -0.130. The standard InChI is InChI=1S/C22H26N2O3/c25-21(15-17-9-3-1-4-10-17)23-24-22(26)16-27-20-14-8-7-13-19(20)18-11-5-2-6-12-18/h2,5-8,11-14,17H,1,3-4,9-10,15-16H2,(H,23,25)(H,24,26). The van der Waals surface area contributed by atoms with E-state index in [-0.39, 0.29) is 18.4 Å². The Morgan fingerprint density at radius 2 is 1.52 bits per heavy atom. The maximum atomic E-state index is 12.0. The molecule has 0 aliphatic heterocycles. The van der Waals surface area contributed by atoms with Gasteiger partial charge in [0.25, 0.3) is 5.91 Å². The fraction of sp³-hybridized carbons (Fsp3) is 0.364. The fourth-order valence-electron chi connectivity index (χ4n) is 3.47. The molecule has 0 unspecified atom stereocenters. The molecule has 1 fully saturated rings. The molecular weight excluding hydrogens is 340 g/mol. The van der Waals surface area contributed by atoms with Crippen molar-refractivity contribution in [3.63, 3.8) is 0 Å². The number of carbonyl (C=O) groups excluding carboxylic acids is 2. The van der Waals surface area contributed by atoms with E-state index in [1.807, 2.05) is 54.6 Å². The summed E-state index contributed by atoms with van der Waals surface area (Å²) < 4.78 is 5.67. The van der Waals surface area contributed by atoms with Gasteiger partial charge < -0.3 is 4.74 Å². The molecule has 5 nitrogen and oxygen atoms in total. The average molecular weight is 366 g/mol. The van der Waals surface area contributed by atoms with E-state index in [0.717, 1.165) is 24.0 Å². The minimum atomic E-state index is -0.380. The number of para-hydroxylation sites is 1. The van der Waals surface area contributed by atoms with Gasteiger partial charge in [-0.05, 0) is 30.4 Å². The van der Waals surface area contributed by atoms with Gasteiger partial charge in [0.15, 0.2) is 6.61 Å². The van der Waals surface area contributed by atoms with Crippen molar-refractivity contribution in [2.75, 3.05) is 6.61 Å². The Bertz CT molecular complexity index is 755. The van der Waals surface area contributed by atoms with E-state index < -0.39 is 0 Å². The van der Waals surface area contributed by atoms with E-state index in [1.165, 1.54) is 19.3 Å². The number of carbonyl (C=O) groups is 2. The first-order chi connectivity index (χ1) is 13.2. The van der Waals surface area contributed by atoms with Gasteiger partial charge in [0, 0.05) is 12.0 Å². The minimum absolute atomic E-state index is 0.139. The minimum Gasteiger partial charge on any atom is -0.483 e. The number of hydrazine groups is 1. The number of ether oxygens (including phenoxy) is 1. The van der Waals surface area contributed by atoms with Crippen LogP contribution in [0.3, 0.4) is 0 Å². The highest BCUT2D eigenvalue weighted by Gasteiger charge is 2.17. The van der Waals surface area contributed by atoms with Crippen LogP contribution < -0.4 is 15.6 Å². The summed E-state index contributed by atoms with van der Waals surface area (Å²) in [7, 11) is 0. The Balaban J connectivity index is 1.46. The third-order valence-corrected chi connectivity index (χ3v) is 4.87. The molecule has 5 heteroatoms. The maximum absolute atomic E-state index is 12.0. The molecule has 2 N–H and O–H groups in total. The summed E-state index contributed by atoms with van der Waals surface area (Å²) >= 11 is 0. The van der Waals surface area contributed by atoms with E-state index in [9.17, 15) is 9.59 Å². The number of benzene rings is 2. The molecule has 2 amide bonds. The third kappa shape index (κ3) is 5.84. The van der Waals surface area contributed by atoms with Gasteiger partial charge >= 0.3 is 0 Å². The fourth-order valence-corrected chi connectivity index (χ4v) is 3.47. The third-order valence-electron chi connectivity index (χ3n) is 4.87. The molecular formula is C22H26N2O3. The average Bonchev–Trinajstić information content (AvgIpc) is 2.72. The molecule has 1 saturated carbocycles. The number of rotatable bonds is 6. The van der Waals surface area contributed by atoms with Crippen molar-refractivity contribution in [3.8, 4) is 16.9 Å². The van der Waals surface area contributed by atoms with Crippen LogP contribution in [0.1, 0.15) is 38.5 Å². The van der Waals surface area contributed by atoms with Crippen LogP contribution in [0, 0.1) is 5.92 Å². The van der Waals surface area contributed by atoms with E-state index >= 15 is 0 Å². The van der Waals surface area contributed by atoms with Crippen LogP contribution in [0.2, 0.25) is 0 Å². The van der Waals surface area contributed by atoms with Crippen LogP contribution >= 0.6 is 0 Å². The smallest absolute Gasteiger partial charge is 0.276 e. The second-order valence-corrected chi connectivity index (χ2v) is 6.96. The monoisotopic (exact) mass is 366 g/mol. The van der Waals surface area contributed by atoms with Crippen LogP contribution in [0.5, 0.6) is 5.75 Å². The second-order valence-electron chi connectivity index (χ2n) is 6.96. The summed E-state index contributed by atoms with van der Waals surface area (Å²) in [5.74, 6) is 0.548. The van der Waals surface area contributed by atoms with Gasteiger partial charge in [0.2, 0.25) is 5.91 Å². The van der Waals surface area contributed by atoms with Crippen LogP contribution in [0.25, 0.3) is 11.1 Å². The Kier molecular flexibility index (Phi) is 6.85. The highest BCUT2D eigenvalue weighted by molar-refractivity contribution is 5.83. The molecule has 0 aromatic heterocycles. The van der Waals surface area contributed by atoms with Crippen LogP contribution in [0.4, 0.5) is 0 Å². The lowest BCUT2D eigenvalue weighted by Gasteiger charge is -2.20. The largest absolute Gasteiger partial charge is 0.483 e. The molecule has 0 heterocycles. The summed E-state index contributed by atoms with van der Waals surface area (Å²) in [6.07, 6.45) is 6.31. The molecule has 0 saturated heterocycles. The Morgan fingerprint density at radius 3 is 2.30 bits per heavy atom. The van der Waals surface area contributed by atoms with Gasteiger partial charge in [-0.15, -0.1) is 0 Å². The molecule has 0 atom stereocenters. The van der Waals surface area contributed by atoms with Gasteiger partial charge in [-0.3, -0.25) is 20.4 Å². The van der Waals surface area contributed by atoms with Crippen molar-refractivity contribution < 1.29 is 14.3 Å². The molecule has 3 rings (SSSR count). The van der Waals surface area contributed by atoms with Crippen molar-refractivity contribution >= 4 is 11.8 Å². The Labute approximate surface area is 160 Å². The second kappa shape index (κ2) is 9.76. The first kappa shape index (κ1) is 19.0. The van der Waals surface area contributed by atoms with Crippen molar-refractivity contribution in [2.45, 2.75) is 38.5 Å². The molecule has 142 valence electrons. The van der Waals surface area contributed by atoms with E-state index in [1.54, 1.807) is 0 Å². The molecule has 0 spiro atoms. The maximum Gasteiger partial charge on any atom is 0.276 e. The van der Waals surface area contributed by atoms with Crippen molar-refractivity contribution in [2.24, 2.45) is 5.92 Å². The van der Waals surface area contributed by atoms with E-state index in [4.69, 9.17) is 4.74 Å². The van der Waals surface area contributed by atoms with Crippen molar-refractivity contribution in [3.05, 3.63) is 54.6 Å². The molecule has 2 aromatic rings. The topological polar surface area (TPSA) is 67.4 Å². The van der Waals surface area contributed by atoms with Gasteiger partial charge in [-0.2, -0.15) is 0 Å². The predicted octanol–water partition coefficient (Wildman–Crippen LogP) is 3.85. The van der Waals surface area contributed by atoms with Crippen LogP contribution in [-0.2, 0) is 9.59 Å². The quantitative estimate of drug-likeness (QED) is 0.763. The highest BCUT2D eigenvalue weighted by atomic mass is 16.5. The molecule has 2 aromatic carbocycles. The molecule has 0 bridgehead atoms. The van der Waals surface area contributed by atoms with Gasteiger partial charge in [0.05, 0.1) is 0 Å². The van der Waals surface area contributed by atoms with Crippen LogP contribution in [0.15, 0.2) is 54.6 Å².